The normalized spacial score (nSPS) is 14.2. The van der Waals surface area contributed by atoms with E-state index in [0.717, 1.165) is 18.2 Å². The predicted octanol–water partition coefficient (Wildman–Crippen LogP) is 2.19. The van der Waals surface area contributed by atoms with Crippen molar-refractivity contribution in [2.24, 2.45) is 0 Å². The Morgan fingerprint density at radius 1 is 1.06 bits per heavy atom. The highest BCUT2D eigenvalue weighted by Gasteiger charge is 2.55. The lowest BCUT2D eigenvalue weighted by atomic mass is 10.1. The molecule has 0 fully saturated rings. The third-order valence-corrected chi connectivity index (χ3v) is 6.55. The summed E-state index contributed by atoms with van der Waals surface area (Å²) < 4.78 is 64.0. The van der Waals surface area contributed by atoms with Gasteiger partial charge in [0.25, 0.3) is 5.91 Å². The lowest BCUT2D eigenvalue weighted by molar-refractivity contribution is -0.242. The molecule has 2 aromatic rings. The van der Waals surface area contributed by atoms with Gasteiger partial charge in [-0.1, -0.05) is 11.6 Å². The van der Waals surface area contributed by atoms with Crippen molar-refractivity contribution in [3.8, 4) is 0 Å². The summed E-state index contributed by atoms with van der Waals surface area (Å²) in [7, 11) is -4.07. The van der Waals surface area contributed by atoms with Crippen molar-refractivity contribution >= 4 is 38.7 Å². The standard InChI is InChI=1S/C19H20ClF3N2O6S/c1-18(29,19(21,22)23)17(28)25-16-7-6-14(8-15(16)20)32(30,31)13-4-2-11(3-5-13)24-12(9-26)10-27/h2-8,12,24,26-27,29H,9-10H2,1H3,(H,25,28)/t18-/m1/s1. The van der Waals surface area contributed by atoms with Gasteiger partial charge >= 0.3 is 6.18 Å². The van der Waals surface area contributed by atoms with Crippen molar-refractivity contribution in [2.45, 2.75) is 34.5 Å². The first kappa shape index (κ1) is 25.9. The minimum Gasteiger partial charge on any atom is -0.394 e. The molecular weight excluding hydrogens is 477 g/mol. The van der Waals surface area contributed by atoms with Gasteiger partial charge in [0.2, 0.25) is 15.4 Å². The zero-order chi connectivity index (χ0) is 24.3. The number of anilines is 2. The first-order valence-corrected chi connectivity index (χ1v) is 10.8. The van der Waals surface area contributed by atoms with Crippen molar-refractivity contribution in [2.75, 3.05) is 23.8 Å². The van der Waals surface area contributed by atoms with E-state index in [9.17, 15) is 31.5 Å². The Morgan fingerprint density at radius 3 is 2.06 bits per heavy atom. The van der Waals surface area contributed by atoms with E-state index in [0.29, 0.717) is 5.69 Å². The molecule has 0 aliphatic carbocycles. The second-order valence-electron chi connectivity index (χ2n) is 6.90. The molecule has 1 amide bonds. The summed E-state index contributed by atoms with van der Waals surface area (Å²) >= 11 is 5.95. The van der Waals surface area contributed by atoms with E-state index >= 15 is 0 Å². The van der Waals surface area contributed by atoms with Gasteiger partial charge in [-0.3, -0.25) is 4.79 Å². The molecule has 0 aliphatic heterocycles. The van der Waals surface area contributed by atoms with E-state index in [2.05, 4.69) is 5.32 Å². The molecule has 176 valence electrons. The van der Waals surface area contributed by atoms with Crippen molar-refractivity contribution in [1.29, 1.82) is 0 Å². The zero-order valence-electron chi connectivity index (χ0n) is 16.5. The first-order valence-electron chi connectivity index (χ1n) is 8.97. The van der Waals surface area contributed by atoms with Crippen LogP contribution in [0.5, 0.6) is 0 Å². The average molecular weight is 497 g/mol. The van der Waals surface area contributed by atoms with Crippen LogP contribution >= 0.6 is 11.6 Å². The predicted molar refractivity (Wildman–Crippen MR) is 110 cm³/mol. The Kier molecular flexibility index (Phi) is 7.79. The maximum Gasteiger partial charge on any atom is 0.426 e. The molecule has 2 aromatic carbocycles. The number of rotatable bonds is 8. The lowest BCUT2D eigenvalue weighted by Gasteiger charge is -2.25. The van der Waals surface area contributed by atoms with E-state index in [-0.39, 0.29) is 40.6 Å². The van der Waals surface area contributed by atoms with Crippen LogP contribution in [0.3, 0.4) is 0 Å². The van der Waals surface area contributed by atoms with Crippen molar-refractivity contribution in [3.63, 3.8) is 0 Å². The third kappa shape index (κ3) is 5.51. The topological polar surface area (TPSA) is 136 Å². The van der Waals surface area contributed by atoms with Crippen LogP contribution in [-0.2, 0) is 14.6 Å². The number of carbonyl (C=O) groups excluding carboxylic acids is 1. The van der Waals surface area contributed by atoms with Crippen LogP contribution in [0.4, 0.5) is 24.5 Å². The molecule has 0 aromatic heterocycles. The number of aliphatic hydroxyl groups is 3. The molecule has 0 saturated carbocycles. The van der Waals surface area contributed by atoms with Crippen molar-refractivity contribution in [3.05, 3.63) is 47.5 Å². The number of alkyl halides is 3. The van der Waals surface area contributed by atoms with Crippen LogP contribution in [0, 0.1) is 0 Å². The number of aliphatic hydroxyl groups excluding tert-OH is 2. The molecule has 0 radical (unpaired) electrons. The van der Waals surface area contributed by atoms with Crippen LogP contribution in [-0.4, -0.2) is 60.7 Å². The van der Waals surface area contributed by atoms with Gasteiger partial charge in [0.1, 0.15) is 0 Å². The fourth-order valence-electron chi connectivity index (χ4n) is 2.39. The van der Waals surface area contributed by atoms with Gasteiger partial charge in [-0.15, -0.1) is 0 Å². The Morgan fingerprint density at radius 2 is 1.59 bits per heavy atom. The Hall–Kier alpha value is -2.38. The summed E-state index contributed by atoms with van der Waals surface area (Å²) in [5.74, 6) is -1.78. The highest BCUT2D eigenvalue weighted by Crippen LogP contribution is 2.33. The van der Waals surface area contributed by atoms with Gasteiger partial charge in [-0.2, -0.15) is 13.2 Å². The molecule has 0 bridgehead atoms. The van der Waals surface area contributed by atoms with E-state index in [1.165, 1.54) is 24.3 Å². The van der Waals surface area contributed by atoms with Gasteiger partial charge in [0.15, 0.2) is 0 Å². The molecule has 13 heteroatoms. The maximum absolute atomic E-state index is 12.8. The monoisotopic (exact) mass is 496 g/mol. The molecular formula is C19H20ClF3N2O6S. The minimum absolute atomic E-state index is 0.125. The quantitative estimate of drug-likeness (QED) is 0.378. The fraction of sp³-hybridized carbons (Fsp3) is 0.316. The molecule has 0 heterocycles. The van der Waals surface area contributed by atoms with E-state index < -0.39 is 33.6 Å². The van der Waals surface area contributed by atoms with Crippen molar-refractivity contribution < 1.29 is 41.7 Å². The van der Waals surface area contributed by atoms with Gasteiger partial charge in [0.05, 0.1) is 39.8 Å². The number of benzene rings is 2. The largest absolute Gasteiger partial charge is 0.426 e. The second-order valence-corrected chi connectivity index (χ2v) is 9.26. The zero-order valence-corrected chi connectivity index (χ0v) is 18.1. The average Bonchev–Trinajstić information content (AvgIpc) is 2.72. The van der Waals surface area contributed by atoms with Gasteiger partial charge in [-0.05, 0) is 49.4 Å². The summed E-state index contributed by atoms with van der Waals surface area (Å²) in [6.07, 6.45) is -5.23. The molecule has 0 spiro atoms. The van der Waals surface area contributed by atoms with Crippen LogP contribution in [0.2, 0.25) is 5.02 Å². The Labute approximate surface area is 186 Å². The van der Waals surface area contributed by atoms with E-state index in [1.807, 2.05) is 5.32 Å². The van der Waals surface area contributed by atoms with E-state index in [4.69, 9.17) is 21.8 Å². The van der Waals surface area contributed by atoms with Crippen LogP contribution in [0.25, 0.3) is 0 Å². The molecule has 0 aliphatic rings. The minimum atomic E-state index is -5.23. The van der Waals surface area contributed by atoms with Crippen molar-refractivity contribution in [1.82, 2.24) is 0 Å². The van der Waals surface area contributed by atoms with Crippen LogP contribution in [0.1, 0.15) is 6.92 Å². The number of hydrogen-bond acceptors (Lipinski definition) is 7. The highest BCUT2D eigenvalue weighted by molar-refractivity contribution is 7.91. The molecule has 32 heavy (non-hydrogen) atoms. The first-order chi connectivity index (χ1) is 14.7. The summed E-state index contributed by atoms with van der Waals surface area (Å²) in [5.41, 5.74) is -3.55. The van der Waals surface area contributed by atoms with Gasteiger partial charge < -0.3 is 26.0 Å². The molecule has 8 nitrogen and oxygen atoms in total. The van der Waals surface area contributed by atoms with Crippen LogP contribution in [0.15, 0.2) is 52.3 Å². The number of amides is 1. The number of hydrogen-bond donors (Lipinski definition) is 5. The number of nitrogens with one attached hydrogen (secondary N) is 2. The number of sulfone groups is 1. The summed E-state index contributed by atoms with van der Waals surface area (Å²) in [4.78, 5) is 11.4. The molecule has 1 atom stereocenters. The summed E-state index contributed by atoms with van der Waals surface area (Å²) in [6.45, 7) is -0.399. The van der Waals surface area contributed by atoms with Crippen LogP contribution < -0.4 is 10.6 Å². The second kappa shape index (κ2) is 9.63. The van der Waals surface area contributed by atoms with Gasteiger partial charge in [-0.25, -0.2) is 8.42 Å². The van der Waals surface area contributed by atoms with Gasteiger partial charge in [0, 0.05) is 5.69 Å². The summed E-state index contributed by atoms with van der Waals surface area (Å²) in [6, 6.07) is 7.75. The maximum atomic E-state index is 12.8. The summed E-state index contributed by atoms with van der Waals surface area (Å²) in [5, 5.41) is 31.8. The number of halogens is 4. The smallest absolute Gasteiger partial charge is 0.394 e. The Bertz CT molecular complexity index is 1070. The third-order valence-electron chi connectivity index (χ3n) is 4.47. The highest BCUT2D eigenvalue weighted by atomic mass is 35.5. The molecule has 2 rings (SSSR count). The SMILES string of the molecule is C[C@@](O)(C(=O)Nc1ccc(S(=O)(=O)c2ccc(NC(CO)CO)cc2)cc1Cl)C(F)(F)F. The molecule has 0 unspecified atom stereocenters. The number of carbonyl (C=O) groups is 1. The molecule has 5 N–H and O–H groups in total. The van der Waals surface area contributed by atoms with E-state index in [1.54, 1.807) is 0 Å². The fourth-order valence-corrected chi connectivity index (χ4v) is 3.97. The Balaban J connectivity index is 2.25. The lowest BCUT2D eigenvalue weighted by Crippen LogP contribution is -2.52. The molecule has 0 saturated heterocycles.